The fourth-order valence-corrected chi connectivity index (χ4v) is 2.94. The largest absolute Gasteiger partial charge is 0.496 e. The molecule has 0 fully saturated rings. The van der Waals surface area contributed by atoms with Crippen molar-refractivity contribution < 1.29 is 19.1 Å². The van der Waals surface area contributed by atoms with E-state index in [-0.39, 0.29) is 5.30 Å². The van der Waals surface area contributed by atoms with Gasteiger partial charge in [-0.1, -0.05) is 30.3 Å². The average molecular weight is 278 g/mol. The maximum Gasteiger partial charge on any atom is 0.356 e. The van der Waals surface area contributed by atoms with Gasteiger partial charge in [0.25, 0.3) is 0 Å². The van der Waals surface area contributed by atoms with Crippen molar-refractivity contribution >= 4 is 12.9 Å². The molecule has 2 aromatic carbocycles. The monoisotopic (exact) mass is 278 g/mol. The van der Waals surface area contributed by atoms with Gasteiger partial charge in [-0.05, 0) is 30.2 Å². The predicted octanol–water partition coefficient (Wildman–Crippen LogP) is 2.47. The van der Waals surface area contributed by atoms with Crippen LogP contribution in [0, 0.1) is 6.92 Å². The molecule has 0 amide bonds. The van der Waals surface area contributed by atoms with Crippen LogP contribution < -0.4 is 10.0 Å². The van der Waals surface area contributed by atoms with E-state index in [1.165, 1.54) is 6.07 Å². The predicted molar refractivity (Wildman–Crippen MR) is 74.8 cm³/mol. The first-order valence-electron chi connectivity index (χ1n) is 5.74. The Morgan fingerprint density at radius 1 is 1.00 bits per heavy atom. The van der Waals surface area contributed by atoms with Crippen molar-refractivity contribution in [2.75, 3.05) is 7.11 Å². The van der Waals surface area contributed by atoms with E-state index in [0.29, 0.717) is 11.3 Å². The quantitative estimate of drug-likeness (QED) is 0.846. The molecule has 0 unspecified atom stereocenters. The van der Waals surface area contributed by atoms with Crippen LogP contribution >= 0.6 is 7.60 Å². The van der Waals surface area contributed by atoms with Crippen molar-refractivity contribution in [2.24, 2.45) is 0 Å². The first-order chi connectivity index (χ1) is 8.95. The van der Waals surface area contributed by atoms with Gasteiger partial charge in [-0.15, -0.1) is 0 Å². The zero-order chi connectivity index (χ0) is 14.0. The van der Waals surface area contributed by atoms with Crippen LogP contribution in [0.4, 0.5) is 0 Å². The van der Waals surface area contributed by atoms with Gasteiger partial charge in [0.2, 0.25) is 0 Å². The molecule has 0 spiro atoms. The molecular formula is C14H15O4P. The lowest BCUT2D eigenvalue weighted by atomic mass is 10.00. The summed E-state index contributed by atoms with van der Waals surface area (Å²) in [6.45, 7) is 1.70. The van der Waals surface area contributed by atoms with E-state index >= 15 is 0 Å². The van der Waals surface area contributed by atoms with Gasteiger partial charge in [0.15, 0.2) is 0 Å². The summed E-state index contributed by atoms with van der Waals surface area (Å²) in [5.41, 5.74) is 2.15. The Hall–Kier alpha value is -1.61. The minimum Gasteiger partial charge on any atom is -0.496 e. The Morgan fingerprint density at radius 2 is 1.63 bits per heavy atom. The molecule has 2 aromatic rings. The highest BCUT2D eigenvalue weighted by Crippen LogP contribution is 2.38. The highest BCUT2D eigenvalue weighted by atomic mass is 31.2. The lowest BCUT2D eigenvalue weighted by Gasteiger charge is -2.14. The minimum atomic E-state index is -4.27. The van der Waals surface area contributed by atoms with E-state index in [2.05, 4.69) is 0 Å². The number of methoxy groups -OCH3 is 1. The van der Waals surface area contributed by atoms with E-state index in [1.807, 2.05) is 30.3 Å². The molecule has 0 aliphatic carbocycles. The van der Waals surface area contributed by atoms with Gasteiger partial charge in [0.1, 0.15) is 5.75 Å². The number of hydrogen-bond acceptors (Lipinski definition) is 2. The third kappa shape index (κ3) is 2.71. The average Bonchev–Trinajstić information content (AvgIpc) is 2.37. The van der Waals surface area contributed by atoms with Gasteiger partial charge in [0, 0.05) is 5.56 Å². The molecule has 0 saturated carbocycles. The van der Waals surface area contributed by atoms with Crippen LogP contribution in [0.15, 0.2) is 42.5 Å². The van der Waals surface area contributed by atoms with Gasteiger partial charge < -0.3 is 14.5 Å². The van der Waals surface area contributed by atoms with Crippen LogP contribution in [-0.4, -0.2) is 16.9 Å². The molecule has 100 valence electrons. The molecule has 19 heavy (non-hydrogen) atoms. The van der Waals surface area contributed by atoms with Crippen molar-refractivity contribution in [3.8, 4) is 16.9 Å². The topological polar surface area (TPSA) is 66.8 Å². The van der Waals surface area contributed by atoms with Gasteiger partial charge in [-0.3, -0.25) is 4.57 Å². The van der Waals surface area contributed by atoms with Crippen LogP contribution in [0.25, 0.3) is 11.1 Å². The standard InChI is InChI=1S/C14H15O4P/c1-10-11(7-5-9-14(10)19(15,16)17)12-6-3-4-8-13(12)18-2/h3-9H,1-2H3,(H2,15,16,17). The normalized spacial score (nSPS) is 11.4. The van der Waals surface area contributed by atoms with E-state index in [9.17, 15) is 14.4 Å². The Labute approximate surface area is 111 Å². The number of hydrogen-bond donors (Lipinski definition) is 2. The first kappa shape index (κ1) is 13.8. The zero-order valence-electron chi connectivity index (χ0n) is 10.7. The van der Waals surface area contributed by atoms with Gasteiger partial charge in [0.05, 0.1) is 12.4 Å². The smallest absolute Gasteiger partial charge is 0.356 e. The number of para-hydroxylation sites is 1. The van der Waals surface area contributed by atoms with E-state index in [1.54, 1.807) is 20.1 Å². The Morgan fingerprint density at radius 3 is 2.26 bits per heavy atom. The zero-order valence-corrected chi connectivity index (χ0v) is 11.6. The summed E-state index contributed by atoms with van der Waals surface area (Å²) in [7, 11) is -2.70. The van der Waals surface area contributed by atoms with Gasteiger partial charge >= 0.3 is 7.60 Å². The van der Waals surface area contributed by atoms with Crippen molar-refractivity contribution in [2.45, 2.75) is 6.92 Å². The molecule has 0 aliphatic rings. The van der Waals surface area contributed by atoms with Crippen molar-refractivity contribution in [3.05, 3.63) is 48.0 Å². The molecule has 0 radical (unpaired) electrons. The lowest BCUT2D eigenvalue weighted by molar-refractivity contribution is 0.387. The third-order valence-electron chi connectivity index (χ3n) is 3.02. The number of rotatable bonds is 3. The molecule has 0 saturated heterocycles. The molecule has 5 heteroatoms. The second-order valence-electron chi connectivity index (χ2n) is 4.19. The maximum atomic E-state index is 11.5. The molecule has 4 nitrogen and oxygen atoms in total. The fraction of sp³-hybridized carbons (Fsp3) is 0.143. The summed E-state index contributed by atoms with van der Waals surface area (Å²) in [5, 5.41) is 0.0518. The van der Waals surface area contributed by atoms with E-state index in [0.717, 1.165) is 11.1 Å². The number of benzene rings is 2. The summed E-state index contributed by atoms with van der Waals surface area (Å²) >= 11 is 0. The summed E-state index contributed by atoms with van der Waals surface area (Å²) < 4.78 is 16.7. The van der Waals surface area contributed by atoms with Gasteiger partial charge in [-0.25, -0.2) is 0 Å². The van der Waals surface area contributed by atoms with Gasteiger partial charge in [-0.2, -0.15) is 0 Å². The minimum absolute atomic E-state index is 0.0518. The van der Waals surface area contributed by atoms with Crippen LogP contribution in [-0.2, 0) is 4.57 Å². The molecule has 0 aromatic heterocycles. The first-order valence-corrected chi connectivity index (χ1v) is 7.35. The molecule has 0 bridgehead atoms. The summed E-state index contributed by atoms with van der Waals surface area (Å²) in [4.78, 5) is 18.7. The second kappa shape index (κ2) is 5.17. The number of ether oxygens (including phenoxy) is 1. The summed E-state index contributed by atoms with van der Waals surface area (Å²) in [6, 6.07) is 12.3. The van der Waals surface area contributed by atoms with Crippen molar-refractivity contribution in [3.63, 3.8) is 0 Å². The lowest BCUT2D eigenvalue weighted by Crippen LogP contribution is -2.09. The van der Waals surface area contributed by atoms with Crippen LogP contribution in [0.3, 0.4) is 0 Å². The van der Waals surface area contributed by atoms with Crippen LogP contribution in [0.1, 0.15) is 5.56 Å². The van der Waals surface area contributed by atoms with Crippen molar-refractivity contribution in [1.82, 2.24) is 0 Å². The van der Waals surface area contributed by atoms with Crippen LogP contribution in [0.2, 0.25) is 0 Å². The fourth-order valence-electron chi connectivity index (χ4n) is 2.10. The highest BCUT2D eigenvalue weighted by Gasteiger charge is 2.22. The third-order valence-corrected chi connectivity index (χ3v) is 4.13. The molecular weight excluding hydrogens is 263 g/mol. The maximum absolute atomic E-state index is 11.5. The van der Waals surface area contributed by atoms with E-state index < -0.39 is 7.60 Å². The highest BCUT2D eigenvalue weighted by molar-refractivity contribution is 7.60. The molecule has 2 N–H and O–H groups in total. The summed E-state index contributed by atoms with van der Waals surface area (Å²) in [5.74, 6) is 0.675. The molecule has 0 atom stereocenters. The van der Waals surface area contributed by atoms with E-state index in [4.69, 9.17) is 4.74 Å². The Balaban J connectivity index is 2.67. The Bertz CT molecular complexity index is 646. The van der Waals surface area contributed by atoms with Crippen molar-refractivity contribution in [1.29, 1.82) is 0 Å². The SMILES string of the molecule is COc1ccccc1-c1cccc(P(=O)(O)O)c1C. The van der Waals surface area contributed by atoms with Crippen LogP contribution in [0.5, 0.6) is 5.75 Å². The Kier molecular flexibility index (Phi) is 3.76. The molecule has 0 heterocycles. The molecule has 2 rings (SSSR count). The molecule has 0 aliphatic heterocycles. The summed E-state index contributed by atoms with van der Waals surface area (Å²) in [6.07, 6.45) is 0. The second-order valence-corrected chi connectivity index (χ2v) is 5.76.